The minimum absolute atomic E-state index is 1.14. The predicted octanol–water partition coefficient (Wildman–Crippen LogP) is 4.99. The number of halogens is 9. The highest BCUT2D eigenvalue weighted by Gasteiger charge is 3.00. The summed E-state index contributed by atoms with van der Waals surface area (Å²) in [5.41, 5.74) is -10.5. The van der Waals surface area contributed by atoms with Crippen LogP contribution in [0.2, 0.25) is 0 Å². The van der Waals surface area contributed by atoms with E-state index < -0.39 is 57.3 Å². The highest BCUT2D eigenvalue weighted by molar-refractivity contribution is 5.47. The molecular formula is C13H9F9. The molecule has 0 amide bonds. The van der Waals surface area contributed by atoms with Crippen molar-refractivity contribution in [1.82, 2.24) is 0 Å². The van der Waals surface area contributed by atoms with Gasteiger partial charge in [-0.1, -0.05) is 20.8 Å². The molecule has 0 unspecified atom stereocenters. The standard InChI is InChI=1S/C13H9F9/c1-10(2,3)4-6(14)8(16)5(9(17)7(4)15)11(18)12(19,20)13(11,21)22/h1-3H3. The van der Waals surface area contributed by atoms with Gasteiger partial charge in [-0.25, -0.2) is 22.0 Å². The van der Waals surface area contributed by atoms with E-state index in [1.165, 1.54) is 0 Å². The fourth-order valence-electron chi connectivity index (χ4n) is 2.29. The number of hydrogen-bond donors (Lipinski definition) is 0. The van der Waals surface area contributed by atoms with Crippen LogP contribution < -0.4 is 0 Å². The third-order valence-electron chi connectivity index (χ3n) is 3.56. The van der Waals surface area contributed by atoms with Crippen LogP contribution in [0.15, 0.2) is 0 Å². The summed E-state index contributed by atoms with van der Waals surface area (Å²) < 4.78 is 121. The number of hydrogen-bond acceptors (Lipinski definition) is 0. The molecule has 1 aliphatic rings. The lowest BCUT2D eigenvalue weighted by atomic mass is 9.84. The summed E-state index contributed by atoms with van der Waals surface area (Å²) in [6.45, 7) is 3.41. The van der Waals surface area contributed by atoms with E-state index in [9.17, 15) is 39.5 Å². The molecule has 0 spiro atoms. The van der Waals surface area contributed by atoms with Crippen LogP contribution in [0.4, 0.5) is 39.5 Å². The Morgan fingerprint density at radius 2 is 0.955 bits per heavy atom. The van der Waals surface area contributed by atoms with Crippen molar-refractivity contribution in [2.24, 2.45) is 0 Å². The van der Waals surface area contributed by atoms with Crippen molar-refractivity contribution >= 4 is 0 Å². The monoisotopic (exact) mass is 336 g/mol. The lowest BCUT2D eigenvalue weighted by Gasteiger charge is -2.23. The minimum Gasteiger partial charge on any atom is -0.224 e. The van der Waals surface area contributed by atoms with E-state index in [2.05, 4.69) is 0 Å². The fourth-order valence-corrected chi connectivity index (χ4v) is 2.29. The highest BCUT2D eigenvalue weighted by Crippen LogP contribution is 2.74. The largest absolute Gasteiger partial charge is 0.357 e. The predicted molar refractivity (Wildman–Crippen MR) is 57.7 cm³/mol. The summed E-state index contributed by atoms with van der Waals surface area (Å²) >= 11 is 0. The number of alkyl halides is 5. The second-order valence-electron chi connectivity index (χ2n) is 6.06. The first-order valence-electron chi connectivity index (χ1n) is 5.95. The summed E-state index contributed by atoms with van der Waals surface area (Å²) in [6.07, 6.45) is 0. The fraction of sp³-hybridized carbons (Fsp3) is 0.538. The van der Waals surface area contributed by atoms with Crippen molar-refractivity contribution in [1.29, 1.82) is 0 Å². The molecule has 124 valence electrons. The molecule has 1 saturated carbocycles. The van der Waals surface area contributed by atoms with Gasteiger partial charge in [-0.3, -0.25) is 0 Å². The summed E-state index contributed by atoms with van der Waals surface area (Å²) in [5, 5.41) is 0. The lowest BCUT2D eigenvalue weighted by molar-refractivity contribution is -0.0278. The normalized spacial score (nSPS) is 21.8. The van der Waals surface area contributed by atoms with Crippen molar-refractivity contribution in [3.63, 3.8) is 0 Å². The van der Waals surface area contributed by atoms with Crippen LogP contribution in [-0.4, -0.2) is 11.8 Å². The summed E-state index contributed by atoms with van der Waals surface area (Å²) in [6, 6.07) is 0. The summed E-state index contributed by atoms with van der Waals surface area (Å²) in [4.78, 5) is 0. The summed E-state index contributed by atoms with van der Waals surface area (Å²) in [7, 11) is 0. The van der Waals surface area contributed by atoms with E-state index in [0.717, 1.165) is 20.8 Å². The molecule has 0 N–H and O–H groups in total. The molecule has 22 heavy (non-hydrogen) atoms. The third-order valence-corrected chi connectivity index (χ3v) is 3.56. The second-order valence-corrected chi connectivity index (χ2v) is 6.06. The molecule has 1 fully saturated rings. The molecule has 1 aromatic rings. The maximum absolute atomic E-state index is 13.8. The van der Waals surface area contributed by atoms with Crippen molar-refractivity contribution < 1.29 is 39.5 Å². The quantitative estimate of drug-likeness (QED) is 0.501. The van der Waals surface area contributed by atoms with Gasteiger partial charge < -0.3 is 0 Å². The highest BCUT2D eigenvalue weighted by atomic mass is 19.3. The van der Waals surface area contributed by atoms with E-state index >= 15 is 0 Å². The lowest BCUT2D eigenvalue weighted by Crippen LogP contribution is -2.24. The Morgan fingerprint density at radius 1 is 0.636 bits per heavy atom. The summed E-state index contributed by atoms with van der Waals surface area (Å²) in [5.74, 6) is -20.5. The zero-order valence-electron chi connectivity index (χ0n) is 11.4. The van der Waals surface area contributed by atoms with Gasteiger partial charge in [-0.2, -0.15) is 17.6 Å². The van der Waals surface area contributed by atoms with Gasteiger partial charge in [0.25, 0.3) is 5.67 Å². The molecule has 0 radical (unpaired) electrons. The molecule has 0 aliphatic heterocycles. The molecule has 1 aliphatic carbocycles. The van der Waals surface area contributed by atoms with E-state index in [0.29, 0.717) is 0 Å². The van der Waals surface area contributed by atoms with Crippen molar-refractivity contribution in [2.75, 3.05) is 0 Å². The number of rotatable bonds is 1. The molecule has 0 atom stereocenters. The van der Waals surface area contributed by atoms with Crippen LogP contribution in [0, 0.1) is 23.3 Å². The van der Waals surface area contributed by atoms with Gasteiger partial charge >= 0.3 is 11.8 Å². The van der Waals surface area contributed by atoms with E-state index in [1.807, 2.05) is 0 Å². The van der Waals surface area contributed by atoms with Crippen LogP contribution >= 0.6 is 0 Å². The van der Waals surface area contributed by atoms with Crippen molar-refractivity contribution in [2.45, 2.75) is 43.7 Å². The van der Waals surface area contributed by atoms with Gasteiger partial charge in [0.15, 0.2) is 23.3 Å². The van der Waals surface area contributed by atoms with Gasteiger partial charge in [0.1, 0.15) is 0 Å². The van der Waals surface area contributed by atoms with E-state index in [1.54, 1.807) is 0 Å². The zero-order chi connectivity index (χ0) is 17.5. The van der Waals surface area contributed by atoms with Crippen LogP contribution in [0.3, 0.4) is 0 Å². The molecule has 2 rings (SSSR count). The Labute approximate surface area is 118 Å². The molecule has 0 bridgehead atoms. The minimum atomic E-state index is -5.47. The van der Waals surface area contributed by atoms with E-state index in [4.69, 9.17) is 0 Å². The third kappa shape index (κ3) is 1.62. The van der Waals surface area contributed by atoms with Gasteiger partial charge in [0, 0.05) is 5.56 Å². The van der Waals surface area contributed by atoms with Crippen molar-refractivity contribution in [3.05, 3.63) is 34.4 Å². The average Bonchev–Trinajstić information content (AvgIpc) is 2.64. The Balaban J connectivity index is 2.84. The molecule has 9 heteroatoms. The molecule has 0 heterocycles. The average molecular weight is 336 g/mol. The second kappa shape index (κ2) is 4.11. The van der Waals surface area contributed by atoms with Crippen LogP contribution in [-0.2, 0) is 11.1 Å². The van der Waals surface area contributed by atoms with Crippen LogP contribution in [0.1, 0.15) is 31.9 Å². The van der Waals surface area contributed by atoms with E-state index in [-0.39, 0.29) is 0 Å². The molecule has 1 aromatic carbocycles. The van der Waals surface area contributed by atoms with Gasteiger partial charge in [0.2, 0.25) is 0 Å². The molecular weight excluding hydrogens is 327 g/mol. The van der Waals surface area contributed by atoms with Gasteiger partial charge in [-0.15, -0.1) is 0 Å². The topological polar surface area (TPSA) is 0 Å². The maximum Gasteiger partial charge on any atom is 0.357 e. The first-order chi connectivity index (χ1) is 9.64. The van der Waals surface area contributed by atoms with Gasteiger partial charge in [0.05, 0.1) is 5.56 Å². The smallest absolute Gasteiger partial charge is 0.224 e. The molecule has 0 nitrogen and oxygen atoms in total. The Hall–Kier alpha value is -1.41. The Kier molecular flexibility index (Phi) is 3.17. The maximum atomic E-state index is 13.8. The van der Waals surface area contributed by atoms with Crippen LogP contribution in [0.25, 0.3) is 0 Å². The van der Waals surface area contributed by atoms with Crippen molar-refractivity contribution in [3.8, 4) is 0 Å². The Bertz CT molecular complexity index is 611. The zero-order valence-corrected chi connectivity index (χ0v) is 11.4. The number of benzene rings is 1. The first kappa shape index (κ1) is 17.0. The molecule has 0 aromatic heterocycles. The van der Waals surface area contributed by atoms with Gasteiger partial charge in [-0.05, 0) is 5.41 Å². The van der Waals surface area contributed by atoms with Crippen LogP contribution in [0.5, 0.6) is 0 Å². The SMILES string of the molecule is CC(C)(C)c1c(F)c(F)c(C2(F)C(F)(F)C2(F)F)c(F)c1F. The Morgan fingerprint density at radius 3 is 1.18 bits per heavy atom. The molecule has 0 saturated heterocycles. The first-order valence-corrected chi connectivity index (χ1v) is 5.95.